The van der Waals surface area contributed by atoms with Gasteiger partial charge in [0.25, 0.3) is 5.56 Å². The van der Waals surface area contributed by atoms with Crippen molar-refractivity contribution in [3.05, 3.63) is 87.6 Å². The van der Waals surface area contributed by atoms with E-state index in [4.69, 9.17) is 9.72 Å². The zero-order chi connectivity index (χ0) is 23.7. The van der Waals surface area contributed by atoms with Crippen LogP contribution in [-0.4, -0.2) is 33.3 Å². The Morgan fingerprint density at radius 2 is 1.82 bits per heavy atom. The second-order valence-electron chi connectivity index (χ2n) is 7.44. The van der Waals surface area contributed by atoms with Crippen LogP contribution in [0.4, 0.5) is 5.69 Å². The van der Waals surface area contributed by atoms with Crippen molar-refractivity contribution >= 4 is 61.2 Å². The molecule has 0 bridgehead atoms. The number of hydrogen-bond acceptors (Lipinski definition) is 5. The van der Waals surface area contributed by atoms with Crippen LogP contribution >= 0.6 is 27.7 Å². The molecule has 0 aliphatic carbocycles. The minimum atomic E-state index is -0.262. The highest BCUT2D eigenvalue weighted by atomic mass is 79.9. The maximum absolute atomic E-state index is 13.7. The molecule has 170 valence electrons. The van der Waals surface area contributed by atoms with E-state index in [1.54, 1.807) is 19.2 Å². The number of nitrogens with zero attached hydrogens (tertiary/aromatic N) is 2. The number of fused-ring (bicyclic) bond motifs is 3. The second kappa shape index (κ2) is 9.36. The highest BCUT2D eigenvalue weighted by molar-refractivity contribution is 9.10. The molecule has 5 aromatic rings. The molecule has 34 heavy (non-hydrogen) atoms. The summed E-state index contributed by atoms with van der Waals surface area (Å²) in [6.45, 7) is 0. The maximum atomic E-state index is 13.7. The summed E-state index contributed by atoms with van der Waals surface area (Å²) in [5.41, 5.74) is 2.78. The van der Waals surface area contributed by atoms with Crippen LogP contribution in [0.2, 0.25) is 0 Å². The number of halogens is 1. The summed E-state index contributed by atoms with van der Waals surface area (Å²) < 4.78 is 7.93. The zero-order valence-corrected chi connectivity index (χ0v) is 20.4. The summed E-state index contributed by atoms with van der Waals surface area (Å²) in [7, 11) is 1.55. The van der Waals surface area contributed by atoms with E-state index in [9.17, 15) is 9.59 Å². The fraction of sp³-hybridized carbons (Fsp3) is 0.0800. The lowest BCUT2D eigenvalue weighted by Gasteiger charge is -2.15. The number of carbonyl (C=O) groups excluding carboxylic acids is 1. The summed E-state index contributed by atoms with van der Waals surface area (Å²) in [5.74, 6) is 0.404. The maximum Gasteiger partial charge on any atom is 0.283 e. The van der Waals surface area contributed by atoms with Crippen LogP contribution in [0.5, 0.6) is 5.75 Å². The lowest BCUT2D eigenvalue weighted by Crippen LogP contribution is -2.23. The highest BCUT2D eigenvalue weighted by Crippen LogP contribution is 2.29. The number of nitrogens with one attached hydrogen (secondary N) is 2. The van der Waals surface area contributed by atoms with Crippen LogP contribution in [0.3, 0.4) is 0 Å². The third-order valence-electron chi connectivity index (χ3n) is 5.28. The molecule has 5 rings (SSSR count). The first kappa shape index (κ1) is 22.2. The number of carbonyl (C=O) groups is 1. The topological polar surface area (TPSA) is 89.0 Å². The summed E-state index contributed by atoms with van der Waals surface area (Å²) in [6, 6.07) is 22.2. The first-order chi connectivity index (χ1) is 16.5. The second-order valence-corrected chi connectivity index (χ2v) is 9.30. The molecule has 9 heteroatoms. The van der Waals surface area contributed by atoms with Crippen molar-refractivity contribution in [1.82, 2.24) is 14.5 Å². The van der Waals surface area contributed by atoms with E-state index in [1.165, 1.54) is 16.3 Å². The van der Waals surface area contributed by atoms with Gasteiger partial charge in [0.05, 0.1) is 18.6 Å². The molecule has 0 unspecified atom stereocenters. The number of ether oxygens (including phenoxy) is 1. The molecular formula is C25H19BrN4O3S. The number of para-hydroxylation sites is 3. The van der Waals surface area contributed by atoms with E-state index in [0.29, 0.717) is 33.3 Å². The van der Waals surface area contributed by atoms with Crippen LogP contribution in [0.1, 0.15) is 0 Å². The number of hydrogen-bond donors (Lipinski definition) is 2. The Labute approximate surface area is 207 Å². The van der Waals surface area contributed by atoms with Gasteiger partial charge in [0, 0.05) is 21.1 Å². The Bertz CT molecular complexity index is 1580. The number of H-pyrrole nitrogens is 1. The number of amides is 1. The molecule has 0 fully saturated rings. The van der Waals surface area contributed by atoms with Gasteiger partial charge >= 0.3 is 0 Å². The Morgan fingerprint density at radius 3 is 2.62 bits per heavy atom. The fourth-order valence-corrected chi connectivity index (χ4v) is 4.79. The third kappa shape index (κ3) is 4.20. The summed E-state index contributed by atoms with van der Waals surface area (Å²) in [5, 5.41) is 4.12. The van der Waals surface area contributed by atoms with Gasteiger partial charge in [0.2, 0.25) is 5.91 Å². The molecular weight excluding hydrogens is 516 g/mol. The minimum absolute atomic E-state index is 0.0749. The molecule has 7 nitrogen and oxygen atoms in total. The number of aromatic nitrogens is 3. The Balaban J connectivity index is 1.58. The highest BCUT2D eigenvalue weighted by Gasteiger charge is 2.20. The van der Waals surface area contributed by atoms with E-state index < -0.39 is 0 Å². The van der Waals surface area contributed by atoms with Crippen molar-refractivity contribution in [3.8, 4) is 11.4 Å². The van der Waals surface area contributed by atoms with Crippen molar-refractivity contribution in [2.45, 2.75) is 5.16 Å². The van der Waals surface area contributed by atoms with Gasteiger partial charge in [0.15, 0.2) is 5.16 Å². The average Bonchev–Trinajstić information content (AvgIpc) is 3.23. The molecule has 0 saturated carbocycles. The van der Waals surface area contributed by atoms with E-state index >= 15 is 0 Å². The van der Waals surface area contributed by atoms with E-state index in [2.05, 4.69) is 26.2 Å². The van der Waals surface area contributed by atoms with E-state index in [0.717, 1.165) is 15.4 Å². The molecule has 0 aliphatic heterocycles. The van der Waals surface area contributed by atoms with Crippen molar-refractivity contribution < 1.29 is 9.53 Å². The largest absolute Gasteiger partial charge is 0.495 e. The Hall–Kier alpha value is -3.56. The molecule has 0 saturated heterocycles. The summed E-state index contributed by atoms with van der Waals surface area (Å²) >= 11 is 4.58. The molecule has 0 aliphatic rings. The van der Waals surface area contributed by atoms with Crippen LogP contribution in [0.25, 0.3) is 27.6 Å². The number of aromatic amines is 1. The number of methoxy groups -OCH3 is 1. The summed E-state index contributed by atoms with van der Waals surface area (Å²) in [6.07, 6.45) is 0. The minimum Gasteiger partial charge on any atom is -0.495 e. The smallest absolute Gasteiger partial charge is 0.283 e. The van der Waals surface area contributed by atoms with Gasteiger partial charge in [-0.2, -0.15) is 0 Å². The molecule has 0 spiro atoms. The SMILES string of the molecule is COc1ccccc1-n1c(SCC(=O)Nc2ccc(Br)cc2)nc2c([nH]c3ccccc32)c1=O. The zero-order valence-electron chi connectivity index (χ0n) is 18.0. The molecule has 3 aromatic carbocycles. The van der Waals surface area contributed by atoms with Gasteiger partial charge in [-0.1, -0.05) is 58.0 Å². The van der Waals surface area contributed by atoms with Crippen molar-refractivity contribution in [3.63, 3.8) is 0 Å². The lowest BCUT2D eigenvalue weighted by molar-refractivity contribution is -0.113. The predicted octanol–water partition coefficient (Wildman–Crippen LogP) is 5.37. The van der Waals surface area contributed by atoms with Gasteiger partial charge in [-0.15, -0.1) is 0 Å². The Kier molecular flexibility index (Phi) is 6.12. The average molecular weight is 535 g/mol. The molecule has 2 N–H and O–H groups in total. The number of thioether (sulfide) groups is 1. The monoisotopic (exact) mass is 534 g/mol. The standard InChI is InChI=1S/C25H19BrN4O3S/c1-33-20-9-5-4-8-19(20)30-24(32)23-22(17-6-2-3-7-18(17)28-23)29-25(30)34-14-21(31)27-16-12-10-15(26)11-13-16/h2-13,28H,14H2,1H3,(H,27,31). The van der Waals surface area contributed by atoms with Crippen molar-refractivity contribution in [2.24, 2.45) is 0 Å². The number of rotatable bonds is 6. The van der Waals surface area contributed by atoms with Gasteiger partial charge in [-0.3, -0.25) is 9.59 Å². The quantitative estimate of drug-likeness (QED) is 0.226. The molecule has 0 radical (unpaired) electrons. The normalized spacial score (nSPS) is 11.1. The van der Waals surface area contributed by atoms with Gasteiger partial charge in [-0.25, -0.2) is 9.55 Å². The summed E-state index contributed by atoms with van der Waals surface area (Å²) in [4.78, 5) is 34.3. The Morgan fingerprint density at radius 1 is 1.09 bits per heavy atom. The number of benzene rings is 3. The first-order valence-electron chi connectivity index (χ1n) is 10.4. The van der Waals surface area contributed by atoms with Crippen molar-refractivity contribution in [1.29, 1.82) is 0 Å². The molecule has 2 aromatic heterocycles. The number of anilines is 1. The van der Waals surface area contributed by atoms with Crippen LogP contribution < -0.4 is 15.6 Å². The van der Waals surface area contributed by atoms with Gasteiger partial charge in [0.1, 0.15) is 16.8 Å². The van der Waals surface area contributed by atoms with Gasteiger partial charge in [-0.05, 0) is 42.5 Å². The first-order valence-corrected chi connectivity index (χ1v) is 12.2. The molecule has 2 heterocycles. The molecule has 0 atom stereocenters. The van der Waals surface area contributed by atoms with Crippen LogP contribution in [0.15, 0.2) is 87.2 Å². The van der Waals surface area contributed by atoms with E-state index in [-0.39, 0.29) is 17.2 Å². The van der Waals surface area contributed by atoms with Crippen LogP contribution in [-0.2, 0) is 4.79 Å². The molecule has 1 amide bonds. The third-order valence-corrected chi connectivity index (χ3v) is 6.75. The van der Waals surface area contributed by atoms with Gasteiger partial charge < -0.3 is 15.0 Å². The van der Waals surface area contributed by atoms with E-state index in [1.807, 2.05) is 60.7 Å². The predicted molar refractivity (Wildman–Crippen MR) is 139 cm³/mol. The fourth-order valence-electron chi connectivity index (χ4n) is 3.73. The van der Waals surface area contributed by atoms with Crippen molar-refractivity contribution in [2.75, 3.05) is 18.2 Å². The van der Waals surface area contributed by atoms with Crippen LogP contribution in [0, 0.1) is 0 Å². The lowest BCUT2D eigenvalue weighted by atomic mass is 10.2.